The molecule has 0 aliphatic carbocycles. The predicted molar refractivity (Wildman–Crippen MR) is 103 cm³/mol. The Labute approximate surface area is 154 Å². The number of carbonyl (C=O) groups is 1. The molecule has 0 saturated heterocycles. The summed E-state index contributed by atoms with van der Waals surface area (Å²) in [4.78, 5) is 12.2. The molecular weight excluding hydrogens is 346 g/mol. The minimum atomic E-state index is -0.121. The van der Waals surface area contributed by atoms with Gasteiger partial charge in [-0.2, -0.15) is 0 Å². The number of hydrogen-bond acceptors (Lipinski definition) is 5. The highest BCUT2D eigenvalue weighted by Crippen LogP contribution is 2.23. The SMILES string of the molecule is O=C(CSc1nnc(-c2ccccc2)o1)Nc1ccc2ccccc2c1. The Morgan fingerprint density at radius 3 is 2.54 bits per heavy atom. The van der Waals surface area contributed by atoms with E-state index in [4.69, 9.17) is 4.42 Å². The van der Waals surface area contributed by atoms with E-state index in [-0.39, 0.29) is 11.7 Å². The van der Waals surface area contributed by atoms with E-state index in [2.05, 4.69) is 15.5 Å². The molecule has 0 bridgehead atoms. The maximum Gasteiger partial charge on any atom is 0.277 e. The van der Waals surface area contributed by atoms with Gasteiger partial charge in [-0.3, -0.25) is 4.79 Å². The van der Waals surface area contributed by atoms with Gasteiger partial charge in [0, 0.05) is 11.3 Å². The molecule has 26 heavy (non-hydrogen) atoms. The van der Waals surface area contributed by atoms with E-state index in [9.17, 15) is 4.79 Å². The summed E-state index contributed by atoms with van der Waals surface area (Å²) in [7, 11) is 0. The number of nitrogens with zero attached hydrogens (tertiary/aromatic N) is 2. The topological polar surface area (TPSA) is 68.0 Å². The fourth-order valence-corrected chi connectivity index (χ4v) is 3.12. The standard InChI is InChI=1S/C20H15N3O2S/c24-18(21-17-11-10-14-6-4-5-9-16(14)12-17)13-26-20-23-22-19(25-20)15-7-2-1-3-8-15/h1-12H,13H2,(H,21,24). The first-order valence-corrected chi connectivity index (χ1v) is 9.07. The van der Waals surface area contributed by atoms with Crippen LogP contribution >= 0.6 is 11.8 Å². The number of amides is 1. The molecule has 5 nitrogen and oxygen atoms in total. The molecule has 1 amide bonds. The van der Waals surface area contributed by atoms with Crippen molar-refractivity contribution >= 4 is 34.1 Å². The third kappa shape index (κ3) is 3.75. The van der Waals surface area contributed by atoms with E-state index >= 15 is 0 Å². The second-order valence-corrected chi connectivity index (χ2v) is 6.56. The van der Waals surface area contributed by atoms with Crippen LogP contribution in [0.4, 0.5) is 5.69 Å². The summed E-state index contributed by atoms with van der Waals surface area (Å²) < 4.78 is 5.59. The third-order valence-corrected chi connectivity index (χ3v) is 4.61. The largest absolute Gasteiger partial charge is 0.411 e. The van der Waals surface area contributed by atoms with E-state index in [0.29, 0.717) is 11.1 Å². The van der Waals surface area contributed by atoms with Gasteiger partial charge in [0.05, 0.1) is 5.75 Å². The van der Waals surface area contributed by atoms with Crippen LogP contribution in [0.25, 0.3) is 22.2 Å². The zero-order valence-electron chi connectivity index (χ0n) is 13.8. The van der Waals surface area contributed by atoms with Crippen molar-refractivity contribution in [1.29, 1.82) is 0 Å². The zero-order valence-corrected chi connectivity index (χ0v) is 14.6. The molecular formula is C20H15N3O2S. The van der Waals surface area contributed by atoms with Gasteiger partial charge in [-0.25, -0.2) is 0 Å². The van der Waals surface area contributed by atoms with Crippen molar-refractivity contribution in [2.75, 3.05) is 11.1 Å². The Hall–Kier alpha value is -3.12. The number of nitrogens with one attached hydrogen (secondary N) is 1. The van der Waals surface area contributed by atoms with Gasteiger partial charge in [0.1, 0.15) is 0 Å². The van der Waals surface area contributed by atoms with Gasteiger partial charge in [0.25, 0.3) is 5.22 Å². The molecule has 3 aromatic carbocycles. The van der Waals surface area contributed by atoms with Crippen LogP contribution in [0.5, 0.6) is 0 Å². The average molecular weight is 361 g/mol. The molecule has 1 aromatic heterocycles. The molecule has 4 rings (SSSR count). The fourth-order valence-electron chi connectivity index (χ4n) is 2.56. The summed E-state index contributed by atoms with van der Waals surface area (Å²) in [6.07, 6.45) is 0. The Morgan fingerprint density at radius 2 is 1.69 bits per heavy atom. The van der Waals surface area contributed by atoms with Gasteiger partial charge >= 0.3 is 0 Å². The Morgan fingerprint density at radius 1 is 0.923 bits per heavy atom. The van der Waals surface area contributed by atoms with Gasteiger partial charge in [-0.15, -0.1) is 10.2 Å². The lowest BCUT2D eigenvalue weighted by Crippen LogP contribution is -2.13. The number of fused-ring (bicyclic) bond motifs is 1. The van der Waals surface area contributed by atoms with E-state index in [1.165, 1.54) is 11.8 Å². The smallest absolute Gasteiger partial charge is 0.277 e. The molecule has 0 radical (unpaired) electrons. The first-order chi connectivity index (χ1) is 12.8. The Balaban J connectivity index is 1.37. The Bertz CT molecular complexity index is 1050. The zero-order chi connectivity index (χ0) is 17.8. The number of anilines is 1. The lowest BCUT2D eigenvalue weighted by molar-refractivity contribution is -0.113. The molecule has 0 aliphatic heterocycles. The van der Waals surface area contributed by atoms with E-state index in [0.717, 1.165) is 22.0 Å². The van der Waals surface area contributed by atoms with Crippen LogP contribution in [-0.4, -0.2) is 21.9 Å². The van der Waals surface area contributed by atoms with Crippen molar-refractivity contribution in [3.63, 3.8) is 0 Å². The highest BCUT2D eigenvalue weighted by Gasteiger charge is 2.11. The first kappa shape index (κ1) is 16.4. The molecule has 4 aromatic rings. The van der Waals surface area contributed by atoms with Crippen molar-refractivity contribution in [1.82, 2.24) is 10.2 Å². The maximum absolute atomic E-state index is 12.2. The van der Waals surface area contributed by atoms with Crippen LogP contribution in [-0.2, 0) is 4.79 Å². The summed E-state index contributed by atoms with van der Waals surface area (Å²) in [5, 5.41) is 13.5. The number of rotatable bonds is 5. The second-order valence-electron chi connectivity index (χ2n) is 5.64. The van der Waals surface area contributed by atoms with Crippen LogP contribution in [0, 0.1) is 0 Å². The minimum absolute atomic E-state index is 0.121. The molecule has 0 saturated carbocycles. The molecule has 128 valence electrons. The molecule has 6 heteroatoms. The van der Waals surface area contributed by atoms with Crippen LogP contribution in [0.2, 0.25) is 0 Å². The molecule has 0 fully saturated rings. The van der Waals surface area contributed by atoms with E-state index in [1.54, 1.807) is 0 Å². The van der Waals surface area contributed by atoms with Gasteiger partial charge in [0.15, 0.2) is 0 Å². The summed E-state index contributed by atoms with van der Waals surface area (Å²) in [5.74, 6) is 0.524. The van der Waals surface area contributed by atoms with Gasteiger partial charge in [-0.05, 0) is 35.0 Å². The fraction of sp³-hybridized carbons (Fsp3) is 0.0500. The second kappa shape index (κ2) is 7.41. The summed E-state index contributed by atoms with van der Waals surface area (Å²) in [6.45, 7) is 0. The van der Waals surface area contributed by atoms with E-state index in [1.807, 2.05) is 72.8 Å². The minimum Gasteiger partial charge on any atom is -0.411 e. The number of hydrogen-bond donors (Lipinski definition) is 1. The lowest BCUT2D eigenvalue weighted by atomic mass is 10.1. The molecule has 1 N–H and O–H groups in total. The number of thioether (sulfide) groups is 1. The molecule has 1 heterocycles. The number of aromatic nitrogens is 2. The van der Waals surface area contributed by atoms with Crippen LogP contribution < -0.4 is 5.32 Å². The monoisotopic (exact) mass is 361 g/mol. The quantitative estimate of drug-likeness (QED) is 0.525. The normalized spacial score (nSPS) is 10.8. The van der Waals surface area contributed by atoms with Gasteiger partial charge in [0.2, 0.25) is 11.8 Å². The lowest BCUT2D eigenvalue weighted by Gasteiger charge is -2.05. The van der Waals surface area contributed by atoms with Gasteiger partial charge < -0.3 is 9.73 Å². The molecule has 0 aliphatic rings. The summed E-state index contributed by atoms with van der Waals surface area (Å²) in [6, 6.07) is 23.4. The summed E-state index contributed by atoms with van der Waals surface area (Å²) in [5.41, 5.74) is 1.62. The average Bonchev–Trinajstić information content (AvgIpc) is 3.16. The number of carbonyl (C=O) groups excluding carboxylic acids is 1. The first-order valence-electron chi connectivity index (χ1n) is 8.08. The van der Waals surface area contributed by atoms with Crippen molar-refractivity contribution in [3.8, 4) is 11.5 Å². The highest BCUT2D eigenvalue weighted by molar-refractivity contribution is 7.99. The molecule has 0 spiro atoms. The van der Waals surface area contributed by atoms with Crippen molar-refractivity contribution in [2.24, 2.45) is 0 Å². The third-order valence-electron chi connectivity index (χ3n) is 3.79. The van der Waals surface area contributed by atoms with Crippen molar-refractivity contribution < 1.29 is 9.21 Å². The van der Waals surface area contributed by atoms with Crippen molar-refractivity contribution in [2.45, 2.75) is 5.22 Å². The number of benzene rings is 3. The van der Waals surface area contributed by atoms with Crippen LogP contribution in [0.1, 0.15) is 0 Å². The molecule has 0 unspecified atom stereocenters. The van der Waals surface area contributed by atoms with Crippen LogP contribution in [0.3, 0.4) is 0 Å². The predicted octanol–water partition coefficient (Wildman–Crippen LogP) is 4.62. The summed E-state index contributed by atoms with van der Waals surface area (Å²) >= 11 is 1.21. The highest BCUT2D eigenvalue weighted by atomic mass is 32.2. The molecule has 0 atom stereocenters. The van der Waals surface area contributed by atoms with Crippen LogP contribution in [0.15, 0.2) is 82.4 Å². The van der Waals surface area contributed by atoms with E-state index < -0.39 is 0 Å². The van der Waals surface area contributed by atoms with Gasteiger partial charge in [-0.1, -0.05) is 60.3 Å². The van der Waals surface area contributed by atoms with Crippen molar-refractivity contribution in [3.05, 3.63) is 72.8 Å². The Kier molecular flexibility index (Phi) is 4.66. The maximum atomic E-state index is 12.2.